The molecule has 0 aliphatic heterocycles. The minimum Gasteiger partial charge on any atom is -0.340 e. The molecule has 0 bridgehead atoms. The van der Waals surface area contributed by atoms with Crippen LogP contribution in [0.5, 0.6) is 0 Å². The number of hydrogen-bond acceptors (Lipinski definition) is 3. The zero-order chi connectivity index (χ0) is 18.8. The van der Waals surface area contributed by atoms with Gasteiger partial charge in [-0.1, -0.05) is 22.0 Å². The molecule has 0 atom stereocenters. The molecule has 3 rings (SSSR count). The molecule has 3 aromatic rings. The third-order valence-corrected chi connectivity index (χ3v) is 4.43. The van der Waals surface area contributed by atoms with Gasteiger partial charge in [-0.2, -0.15) is 0 Å². The van der Waals surface area contributed by atoms with Crippen LogP contribution in [0, 0.1) is 11.6 Å². The number of fused-ring (bicyclic) bond motifs is 1. The maximum absolute atomic E-state index is 13.7. The van der Waals surface area contributed by atoms with Crippen LogP contribution < -0.4 is 5.56 Å². The van der Waals surface area contributed by atoms with Crippen molar-refractivity contribution in [1.82, 2.24) is 14.5 Å². The fraction of sp³-hybridized carbons (Fsp3) is 0.167. The summed E-state index contributed by atoms with van der Waals surface area (Å²) in [6.07, 6.45) is 1.31. The number of carbonyl (C=O) groups excluding carboxylic acids is 1. The number of likely N-dealkylation sites (N-methyl/N-ethyl adjacent to an activating group) is 1. The van der Waals surface area contributed by atoms with Crippen LogP contribution >= 0.6 is 15.9 Å². The van der Waals surface area contributed by atoms with E-state index in [9.17, 15) is 18.4 Å². The van der Waals surface area contributed by atoms with Crippen molar-refractivity contribution in [1.29, 1.82) is 0 Å². The second-order valence-electron chi connectivity index (χ2n) is 5.82. The molecule has 2 aromatic carbocycles. The molecule has 0 aliphatic rings. The van der Waals surface area contributed by atoms with E-state index in [0.29, 0.717) is 10.9 Å². The van der Waals surface area contributed by atoms with Gasteiger partial charge in [0.15, 0.2) is 0 Å². The lowest BCUT2D eigenvalue weighted by Crippen LogP contribution is -2.34. The lowest BCUT2D eigenvalue weighted by atomic mass is 10.2. The molecule has 0 unspecified atom stereocenters. The van der Waals surface area contributed by atoms with Crippen LogP contribution in [0.4, 0.5) is 8.78 Å². The van der Waals surface area contributed by atoms with E-state index in [0.717, 1.165) is 16.6 Å². The largest absolute Gasteiger partial charge is 0.340 e. The first-order valence-corrected chi connectivity index (χ1v) is 8.47. The molecule has 5 nitrogen and oxygen atoms in total. The molecular weight excluding hydrogens is 408 g/mol. The van der Waals surface area contributed by atoms with Crippen LogP contribution in [0.15, 0.2) is 52.0 Å². The second-order valence-corrected chi connectivity index (χ2v) is 6.74. The van der Waals surface area contributed by atoms with E-state index in [1.807, 2.05) is 0 Å². The molecule has 0 aliphatic carbocycles. The standard InChI is InChI=1S/C18H14BrF2N3O2/c1-23(8-11-2-4-13(20)7-15(11)21)17(25)9-24-10-22-16-5-3-12(19)6-14(16)18(24)26/h2-7,10H,8-9H2,1H3. The molecule has 0 N–H and O–H groups in total. The van der Waals surface area contributed by atoms with Gasteiger partial charge in [0.25, 0.3) is 5.56 Å². The van der Waals surface area contributed by atoms with Gasteiger partial charge in [0.05, 0.1) is 17.2 Å². The summed E-state index contributed by atoms with van der Waals surface area (Å²) in [4.78, 5) is 30.3. The Hall–Kier alpha value is -2.61. The van der Waals surface area contributed by atoms with Crippen molar-refractivity contribution >= 4 is 32.7 Å². The Morgan fingerprint density at radius 1 is 1.23 bits per heavy atom. The van der Waals surface area contributed by atoms with Crippen LogP contribution in [0.3, 0.4) is 0 Å². The van der Waals surface area contributed by atoms with Crippen molar-refractivity contribution in [2.24, 2.45) is 0 Å². The molecule has 1 heterocycles. The van der Waals surface area contributed by atoms with Gasteiger partial charge in [-0.05, 0) is 24.3 Å². The second kappa shape index (κ2) is 7.33. The average Bonchev–Trinajstić information content (AvgIpc) is 2.60. The summed E-state index contributed by atoms with van der Waals surface area (Å²) in [7, 11) is 1.49. The number of carbonyl (C=O) groups is 1. The molecule has 26 heavy (non-hydrogen) atoms. The summed E-state index contributed by atoms with van der Waals surface area (Å²) in [6, 6.07) is 8.31. The summed E-state index contributed by atoms with van der Waals surface area (Å²) in [5.41, 5.74) is 0.379. The molecule has 0 fully saturated rings. The summed E-state index contributed by atoms with van der Waals surface area (Å²) in [6.45, 7) is -0.264. The fourth-order valence-electron chi connectivity index (χ4n) is 2.50. The summed E-state index contributed by atoms with van der Waals surface area (Å²) in [5, 5.41) is 0.391. The molecular formula is C18H14BrF2N3O2. The highest BCUT2D eigenvalue weighted by Crippen LogP contribution is 2.15. The Balaban J connectivity index is 1.80. The highest BCUT2D eigenvalue weighted by atomic mass is 79.9. The van der Waals surface area contributed by atoms with Crippen LogP contribution in [-0.2, 0) is 17.9 Å². The third-order valence-electron chi connectivity index (χ3n) is 3.94. The Morgan fingerprint density at radius 3 is 2.73 bits per heavy atom. The SMILES string of the molecule is CN(Cc1ccc(F)cc1F)C(=O)Cn1cnc2ccc(Br)cc2c1=O. The van der Waals surface area contributed by atoms with E-state index in [4.69, 9.17) is 0 Å². The number of rotatable bonds is 4. The van der Waals surface area contributed by atoms with E-state index in [2.05, 4.69) is 20.9 Å². The highest BCUT2D eigenvalue weighted by Gasteiger charge is 2.14. The molecule has 1 aromatic heterocycles. The van der Waals surface area contributed by atoms with Crippen molar-refractivity contribution in [3.63, 3.8) is 0 Å². The number of amides is 1. The Labute approximate surface area is 156 Å². The van der Waals surface area contributed by atoms with Crippen molar-refractivity contribution in [2.75, 3.05) is 7.05 Å². The lowest BCUT2D eigenvalue weighted by molar-refractivity contribution is -0.131. The highest BCUT2D eigenvalue weighted by molar-refractivity contribution is 9.10. The quantitative estimate of drug-likeness (QED) is 0.650. The van der Waals surface area contributed by atoms with Gasteiger partial charge in [-0.25, -0.2) is 13.8 Å². The summed E-state index contributed by atoms with van der Waals surface area (Å²) >= 11 is 3.30. The first-order valence-electron chi connectivity index (χ1n) is 7.68. The minimum absolute atomic E-state index is 0.0355. The summed E-state index contributed by atoms with van der Waals surface area (Å²) in [5.74, 6) is -1.80. The number of nitrogens with zero attached hydrogens (tertiary/aromatic N) is 3. The smallest absolute Gasteiger partial charge is 0.261 e. The van der Waals surface area contributed by atoms with E-state index in [-0.39, 0.29) is 24.2 Å². The number of hydrogen-bond donors (Lipinski definition) is 0. The normalized spacial score (nSPS) is 10.9. The van der Waals surface area contributed by atoms with Crippen LogP contribution in [-0.4, -0.2) is 27.4 Å². The molecule has 134 valence electrons. The van der Waals surface area contributed by atoms with Crippen molar-refractivity contribution in [3.05, 3.63) is 74.7 Å². The van der Waals surface area contributed by atoms with Crippen molar-refractivity contribution in [3.8, 4) is 0 Å². The number of benzene rings is 2. The van der Waals surface area contributed by atoms with Gasteiger partial charge in [0.1, 0.15) is 18.2 Å². The van der Waals surface area contributed by atoms with E-state index in [1.54, 1.807) is 18.2 Å². The van der Waals surface area contributed by atoms with E-state index in [1.165, 1.54) is 28.9 Å². The van der Waals surface area contributed by atoms with Gasteiger partial charge < -0.3 is 4.90 Å². The van der Waals surface area contributed by atoms with Crippen molar-refractivity contribution < 1.29 is 13.6 Å². The van der Waals surface area contributed by atoms with Crippen LogP contribution in [0.1, 0.15) is 5.56 Å². The van der Waals surface area contributed by atoms with Crippen molar-refractivity contribution in [2.45, 2.75) is 13.1 Å². The predicted molar refractivity (Wildman–Crippen MR) is 96.5 cm³/mol. The van der Waals surface area contributed by atoms with Gasteiger partial charge >= 0.3 is 0 Å². The lowest BCUT2D eigenvalue weighted by Gasteiger charge is -2.18. The zero-order valence-corrected chi connectivity index (χ0v) is 15.3. The van der Waals surface area contributed by atoms with Gasteiger partial charge in [0.2, 0.25) is 5.91 Å². The molecule has 0 radical (unpaired) electrons. The number of halogens is 3. The first kappa shape index (κ1) is 18.2. The fourth-order valence-corrected chi connectivity index (χ4v) is 2.86. The number of aromatic nitrogens is 2. The molecule has 0 spiro atoms. The predicted octanol–water partition coefficient (Wildman–Crippen LogP) is 3.10. The zero-order valence-electron chi connectivity index (χ0n) is 13.7. The van der Waals surface area contributed by atoms with Gasteiger partial charge in [0, 0.05) is 29.7 Å². The molecule has 8 heteroatoms. The van der Waals surface area contributed by atoms with Gasteiger partial charge in [-0.3, -0.25) is 14.2 Å². The van der Waals surface area contributed by atoms with Gasteiger partial charge in [-0.15, -0.1) is 0 Å². The molecule has 0 saturated heterocycles. The minimum atomic E-state index is -0.723. The summed E-state index contributed by atoms with van der Waals surface area (Å²) < 4.78 is 28.6. The third kappa shape index (κ3) is 3.80. The van der Waals surface area contributed by atoms with E-state index >= 15 is 0 Å². The Morgan fingerprint density at radius 2 is 2.00 bits per heavy atom. The molecule has 1 amide bonds. The van der Waals surface area contributed by atoms with Crippen LogP contribution in [0.25, 0.3) is 10.9 Å². The maximum atomic E-state index is 13.7. The monoisotopic (exact) mass is 421 g/mol. The van der Waals surface area contributed by atoms with Crippen LogP contribution in [0.2, 0.25) is 0 Å². The topological polar surface area (TPSA) is 55.2 Å². The Kier molecular flexibility index (Phi) is 5.13. The Bertz CT molecular complexity index is 1050. The average molecular weight is 422 g/mol. The van der Waals surface area contributed by atoms with E-state index < -0.39 is 17.5 Å². The molecule has 0 saturated carbocycles. The first-order chi connectivity index (χ1) is 12.3. The maximum Gasteiger partial charge on any atom is 0.261 e.